The number of rotatable bonds is 9. The Kier molecular flexibility index (Phi) is 7.96. The average Bonchev–Trinajstić information content (AvgIpc) is 2.78. The van der Waals surface area contributed by atoms with Crippen molar-refractivity contribution >= 4 is 5.91 Å². The fourth-order valence-electron chi connectivity index (χ4n) is 3.14. The van der Waals surface area contributed by atoms with Crippen LogP contribution in [0.1, 0.15) is 29.0 Å². The lowest BCUT2D eigenvalue weighted by Gasteiger charge is -2.29. The molecule has 1 amide bonds. The first-order valence-corrected chi connectivity index (χ1v) is 9.80. The molecule has 3 rings (SSSR count). The predicted octanol–water partition coefficient (Wildman–Crippen LogP) is 3.01. The van der Waals surface area contributed by atoms with Gasteiger partial charge in [0.2, 0.25) is 6.29 Å². The Hall–Kier alpha value is -2.74. The number of aliphatic hydroxyl groups excluding tert-OH is 1. The molecule has 0 radical (unpaired) electrons. The van der Waals surface area contributed by atoms with Crippen LogP contribution in [0.5, 0.6) is 0 Å². The van der Waals surface area contributed by atoms with Crippen LogP contribution in [0.25, 0.3) is 0 Å². The van der Waals surface area contributed by atoms with Crippen LogP contribution >= 0.6 is 0 Å². The van der Waals surface area contributed by atoms with Crippen molar-refractivity contribution in [3.63, 3.8) is 0 Å². The van der Waals surface area contributed by atoms with Crippen molar-refractivity contribution in [3.05, 3.63) is 82.9 Å². The molecule has 2 aromatic carbocycles. The molecular formula is C23H26FNO5. The summed E-state index contributed by atoms with van der Waals surface area (Å²) in [6.45, 7) is 1.04. The topological polar surface area (TPSA) is 77.0 Å². The molecule has 0 fully saturated rings. The molecular weight excluding hydrogens is 389 g/mol. The molecule has 2 atom stereocenters. The number of carbonyl (C=O) groups excluding carboxylic acids is 1. The number of amides is 1. The van der Waals surface area contributed by atoms with Gasteiger partial charge in [-0.25, -0.2) is 4.39 Å². The van der Waals surface area contributed by atoms with E-state index >= 15 is 0 Å². The van der Waals surface area contributed by atoms with Crippen LogP contribution in [-0.4, -0.2) is 37.6 Å². The van der Waals surface area contributed by atoms with Crippen molar-refractivity contribution in [1.82, 2.24) is 5.32 Å². The highest BCUT2D eigenvalue weighted by atomic mass is 19.1. The predicted molar refractivity (Wildman–Crippen MR) is 109 cm³/mol. The Morgan fingerprint density at radius 3 is 2.53 bits per heavy atom. The SMILES string of the molecule is COCCNC(=O)C1=C[C@@H](c2ccc(F)cc2)C[C@@H](OCc2ccc(CO)cc2)O1. The molecule has 160 valence electrons. The lowest BCUT2D eigenvalue weighted by atomic mass is 9.93. The second-order valence-corrected chi connectivity index (χ2v) is 7.01. The second-order valence-electron chi connectivity index (χ2n) is 7.01. The number of nitrogens with one attached hydrogen (secondary N) is 1. The molecule has 1 aliphatic heterocycles. The van der Waals surface area contributed by atoms with E-state index in [0.717, 1.165) is 16.7 Å². The van der Waals surface area contributed by atoms with Gasteiger partial charge in [0.1, 0.15) is 5.82 Å². The van der Waals surface area contributed by atoms with E-state index in [-0.39, 0.29) is 30.0 Å². The summed E-state index contributed by atoms with van der Waals surface area (Å²) in [7, 11) is 1.56. The van der Waals surface area contributed by atoms with Crippen molar-refractivity contribution < 1.29 is 28.5 Å². The van der Waals surface area contributed by atoms with E-state index in [1.54, 1.807) is 25.3 Å². The molecule has 0 aromatic heterocycles. The summed E-state index contributed by atoms with van der Waals surface area (Å²) in [5.74, 6) is -0.636. The van der Waals surface area contributed by atoms with Gasteiger partial charge in [-0.3, -0.25) is 4.79 Å². The summed E-state index contributed by atoms with van der Waals surface area (Å²) in [5.41, 5.74) is 2.62. The molecule has 2 aromatic rings. The Morgan fingerprint density at radius 1 is 1.17 bits per heavy atom. The fraction of sp³-hybridized carbons (Fsp3) is 0.348. The highest BCUT2D eigenvalue weighted by Crippen LogP contribution is 2.32. The molecule has 0 unspecified atom stereocenters. The number of aliphatic hydroxyl groups is 1. The van der Waals surface area contributed by atoms with Crippen LogP contribution < -0.4 is 5.32 Å². The molecule has 1 aliphatic rings. The van der Waals surface area contributed by atoms with Crippen LogP contribution in [-0.2, 0) is 32.2 Å². The minimum absolute atomic E-state index is 0.0153. The van der Waals surface area contributed by atoms with Crippen LogP contribution in [0.2, 0.25) is 0 Å². The first kappa shape index (κ1) is 22.0. The summed E-state index contributed by atoms with van der Waals surface area (Å²) in [5, 5.41) is 11.9. The average molecular weight is 415 g/mol. The number of allylic oxidation sites excluding steroid dienone is 1. The first-order valence-electron chi connectivity index (χ1n) is 9.80. The van der Waals surface area contributed by atoms with Gasteiger partial charge in [0.15, 0.2) is 5.76 Å². The van der Waals surface area contributed by atoms with E-state index in [2.05, 4.69) is 5.32 Å². The van der Waals surface area contributed by atoms with Crippen LogP contribution in [0.4, 0.5) is 4.39 Å². The number of ether oxygens (including phenoxy) is 3. The van der Waals surface area contributed by atoms with E-state index in [1.165, 1.54) is 12.1 Å². The molecule has 2 N–H and O–H groups in total. The molecule has 0 bridgehead atoms. The van der Waals surface area contributed by atoms with E-state index in [1.807, 2.05) is 24.3 Å². The van der Waals surface area contributed by atoms with Crippen molar-refractivity contribution in [1.29, 1.82) is 0 Å². The third kappa shape index (κ3) is 6.13. The number of benzene rings is 2. The maximum atomic E-state index is 13.3. The number of methoxy groups -OCH3 is 1. The lowest BCUT2D eigenvalue weighted by Crippen LogP contribution is -2.34. The van der Waals surface area contributed by atoms with Gasteiger partial charge in [-0.1, -0.05) is 36.4 Å². The Labute approximate surface area is 175 Å². The van der Waals surface area contributed by atoms with Crippen LogP contribution in [0, 0.1) is 5.82 Å². The van der Waals surface area contributed by atoms with Gasteiger partial charge in [0.25, 0.3) is 5.91 Å². The minimum Gasteiger partial charge on any atom is -0.459 e. The van der Waals surface area contributed by atoms with Crippen molar-refractivity contribution in [2.75, 3.05) is 20.3 Å². The summed E-state index contributed by atoms with van der Waals surface area (Å²) in [6.07, 6.45) is 1.60. The molecule has 30 heavy (non-hydrogen) atoms. The van der Waals surface area contributed by atoms with Crippen LogP contribution in [0.15, 0.2) is 60.4 Å². The second kappa shape index (κ2) is 10.9. The first-order chi connectivity index (χ1) is 14.6. The van der Waals surface area contributed by atoms with E-state index in [4.69, 9.17) is 19.3 Å². The molecule has 0 saturated heterocycles. The zero-order valence-electron chi connectivity index (χ0n) is 16.8. The maximum absolute atomic E-state index is 13.3. The largest absolute Gasteiger partial charge is 0.459 e. The smallest absolute Gasteiger partial charge is 0.286 e. The van der Waals surface area contributed by atoms with Gasteiger partial charge in [-0.05, 0) is 34.9 Å². The Morgan fingerprint density at radius 2 is 1.87 bits per heavy atom. The monoisotopic (exact) mass is 415 g/mol. The van der Waals surface area contributed by atoms with Crippen molar-refractivity contribution in [2.45, 2.75) is 31.8 Å². The Bertz CT molecular complexity index is 851. The van der Waals surface area contributed by atoms with Gasteiger partial charge >= 0.3 is 0 Å². The number of hydrogen-bond donors (Lipinski definition) is 2. The van der Waals surface area contributed by atoms with Gasteiger partial charge in [0, 0.05) is 26.0 Å². The standard InChI is InChI=1S/C23H26FNO5/c1-28-11-10-25-23(27)21-12-19(18-6-8-20(24)9-7-18)13-22(30-21)29-15-17-4-2-16(14-26)3-5-17/h2-9,12,19,22,26H,10-11,13-15H2,1H3,(H,25,27)/t19-,22+/m1/s1. The summed E-state index contributed by atoms with van der Waals surface area (Å²) in [4.78, 5) is 12.5. The van der Waals surface area contributed by atoms with E-state index in [0.29, 0.717) is 26.2 Å². The molecule has 0 spiro atoms. The van der Waals surface area contributed by atoms with Crippen molar-refractivity contribution in [3.8, 4) is 0 Å². The molecule has 6 nitrogen and oxygen atoms in total. The quantitative estimate of drug-likeness (QED) is 0.616. The van der Waals surface area contributed by atoms with E-state index in [9.17, 15) is 9.18 Å². The highest BCUT2D eigenvalue weighted by Gasteiger charge is 2.28. The van der Waals surface area contributed by atoms with Gasteiger partial charge in [0.05, 0.1) is 19.8 Å². The zero-order valence-corrected chi connectivity index (χ0v) is 16.8. The number of halogens is 1. The van der Waals surface area contributed by atoms with Crippen molar-refractivity contribution in [2.24, 2.45) is 0 Å². The summed E-state index contributed by atoms with van der Waals surface area (Å²) < 4.78 is 30.0. The lowest BCUT2D eigenvalue weighted by molar-refractivity contribution is -0.150. The van der Waals surface area contributed by atoms with Crippen LogP contribution in [0.3, 0.4) is 0 Å². The van der Waals surface area contributed by atoms with Gasteiger partial charge < -0.3 is 24.6 Å². The number of carbonyl (C=O) groups is 1. The molecule has 0 aliphatic carbocycles. The third-order valence-corrected chi connectivity index (χ3v) is 4.81. The minimum atomic E-state index is -0.634. The van der Waals surface area contributed by atoms with E-state index < -0.39 is 6.29 Å². The molecule has 7 heteroatoms. The van der Waals surface area contributed by atoms with Gasteiger partial charge in [-0.15, -0.1) is 0 Å². The molecule has 0 saturated carbocycles. The number of hydrogen-bond acceptors (Lipinski definition) is 5. The molecule has 1 heterocycles. The van der Waals surface area contributed by atoms with Gasteiger partial charge in [-0.2, -0.15) is 0 Å². The summed E-state index contributed by atoms with van der Waals surface area (Å²) in [6, 6.07) is 13.6. The highest BCUT2D eigenvalue weighted by molar-refractivity contribution is 5.91. The zero-order chi connectivity index (χ0) is 21.3. The Balaban J connectivity index is 1.70. The fourth-order valence-corrected chi connectivity index (χ4v) is 3.14. The normalized spacial score (nSPS) is 18.4. The maximum Gasteiger partial charge on any atom is 0.286 e. The third-order valence-electron chi connectivity index (χ3n) is 4.81. The summed E-state index contributed by atoms with van der Waals surface area (Å²) >= 11 is 0.